The van der Waals surface area contributed by atoms with Crippen molar-refractivity contribution in [3.05, 3.63) is 53.2 Å². The van der Waals surface area contributed by atoms with Crippen molar-refractivity contribution in [1.82, 2.24) is 4.98 Å². The fourth-order valence-electron chi connectivity index (χ4n) is 3.00. The molecule has 0 amide bonds. The van der Waals surface area contributed by atoms with Crippen molar-refractivity contribution in [1.29, 1.82) is 5.26 Å². The number of alkyl halides is 6. The van der Waals surface area contributed by atoms with E-state index in [0.29, 0.717) is 37.7 Å². The third-order valence-corrected chi connectivity index (χ3v) is 4.47. The molecule has 1 aromatic heterocycles. The summed E-state index contributed by atoms with van der Waals surface area (Å²) in [6.07, 6.45) is -8.33. The lowest BCUT2D eigenvalue weighted by molar-refractivity contribution is -0.138. The molecule has 0 bridgehead atoms. The van der Waals surface area contributed by atoms with Gasteiger partial charge in [-0.2, -0.15) is 31.6 Å². The third-order valence-electron chi connectivity index (χ3n) is 4.47. The highest BCUT2D eigenvalue weighted by Gasteiger charge is 2.34. The van der Waals surface area contributed by atoms with Gasteiger partial charge in [0.1, 0.15) is 5.82 Å². The van der Waals surface area contributed by atoms with Crippen molar-refractivity contribution in [3.8, 4) is 6.07 Å². The first-order chi connectivity index (χ1) is 13.1. The number of piperazine rings is 1. The van der Waals surface area contributed by atoms with Gasteiger partial charge in [0.25, 0.3) is 0 Å². The minimum Gasteiger partial charge on any atom is -0.368 e. The van der Waals surface area contributed by atoms with E-state index in [9.17, 15) is 26.3 Å². The number of nitriles is 1. The number of hydrogen-bond acceptors (Lipinski definition) is 4. The SMILES string of the molecule is N#Cc1ccc(N2CCN(c3ccc(C(F)(F)F)cn3)CC2)cc1C(F)(F)F. The Labute approximate surface area is 156 Å². The summed E-state index contributed by atoms with van der Waals surface area (Å²) in [5.41, 5.74) is -1.93. The molecular formula is C18H14F6N4. The van der Waals surface area contributed by atoms with E-state index in [2.05, 4.69) is 4.98 Å². The lowest BCUT2D eigenvalue weighted by Gasteiger charge is -2.37. The number of nitrogens with zero attached hydrogens (tertiary/aromatic N) is 4. The van der Waals surface area contributed by atoms with Gasteiger partial charge in [0.15, 0.2) is 0 Å². The van der Waals surface area contributed by atoms with Crippen LogP contribution in [0.25, 0.3) is 0 Å². The van der Waals surface area contributed by atoms with E-state index in [-0.39, 0.29) is 0 Å². The molecule has 0 saturated carbocycles. The molecule has 1 saturated heterocycles. The van der Waals surface area contributed by atoms with Crippen LogP contribution in [0.4, 0.5) is 37.8 Å². The summed E-state index contributed by atoms with van der Waals surface area (Å²) in [7, 11) is 0. The van der Waals surface area contributed by atoms with Crippen molar-refractivity contribution >= 4 is 11.5 Å². The van der Waals surface area contributed by atoms with Crippen LogP contribution in [0.5, 0.6) is 0 Å². The van der Waals surface area contributed by atoms with Crippen LogP contribution < -0.4 is 9.80 Å². The van der Waals surface area contributed by atoms with Crippen LogP contribution in [0.1, 0.15) is 16.7 Å². The molecule has 3 rings (SSSR count). The second kappa shape index (κ2) is 7.22. The smallest absolute Gasteiger partial charge is 0.368 e. The Kier molecular flexibility index (Phi) is 5.10. The maximum atomic E-state index is 13.1. The fraction of sp³-hybridized carbons (Fsp3) is 0.333. The molecule has 2 aromatic rings. The summed E-state index contributed by atoms with van der Waals surface area (Å²) in [5.74, 6) is 0.378. The molecule has 0 aliphatic carbocycles. The third kappa shape index (κ3) is 4.13. The molecule has 1 aromatic carbocycles. The number of pyridine rings is 1. The standard InChI is InChI=1S/C18H14F6N4/c19-17(20,21)13-2-4-16(26-11-13)28-7-5-27(6-8-28)14-3-1-12(10-25)15(9-14)18(22,23)24/h1-4,9,11H,5-8H2. The van der Waals surface area contributed by atoms with Gasteiger partial charge in [0.05, 0.1) is 22.8 Å². The van der Waals surface area contributed by atoms with E-state index in [0.717, 1.165) is 24.4 Å². The minimum atomic E-state index is -4.63. The summed E-state index contributed by atoms with van der Waals surface area (Å²) in [6, 6.07) is 7.32. The van der Waals surface area contributed by atoms with Crippen LogP contribution in [0.3, 0.4) is 0 Å². The molecular weight excluding hydrogens is 386 g/mol. The molecule has 0 N–H and O–H groups in total. The summed E-state index contributed by atoms with van der Waals surface area (Å²) in [6.45, 7) is 1.51. The lowest BCUT2D eigenvalue weighted by atomic mass is 10.1. The molecule has 28 heavy (non-hydrogen) atoms. The van der Waals surface area contributed by atoms with Gasteiger partial charge in [-0.1, -0.05) is 0 Å². The molecule has 0 spiro atoms. The molecule has 10 heteroatoms. The van der Waals surface area contributed by atoms with Gasteiger partial charge in [-0.3, -0.25) is 0 Å². The summed E-state index contributed by atoms with van der Waals surface area (Å²) >= 11 is 0. The van der Waals surface area contributed by atoms with Gasteiger partial charge in [-0.15, -0.1) is 0 Å². The first-order valence-electron chi connectivity index (χ1n) is 8.24. The Morgan fingerprint density at radius 2 is 1.50 bits per heavy atom. The average molecular weight is 400 g/mol. The fourth-order valence-corrected chi connectivity index (χ4v) is 3.00. The molecule has 148 valence electrons. The van der Waals surface area contributed by atoms with E-state index in [1.807, 2.05) is 0 Å². The maximum absolute atomic E-state index is 13.1. The van der Waals surface area contributed by atoms with Crippen molar-refractivity contribution in [2.75, 3.05) is 36.0 Å². The second-order valence-corrected chi connectivity index (χ2v) is 6.22. The first-order valence-corrected chi connectivity index (χ1v) is 8.24. The van der Waals surface area contributed by atoms with E-state index in [4.69, 9.17) is 5.26 Å². The van der Waals surface area contributed by atoms with E-state index < -0.39 is 29.0 Å². The van der Waals surface area contributed by atoms with Crippen molar-refractivity contribution in [2.24, 2.45) is 0 Å². The van der Waals surface area contributed by atoms with Crippen LogP contribution in [0.2, 0.25) is 0 Å². The predicted octanol–water partition coefficient (Wildman–Crippen LogP) is 4.32. The minimum absolute atomic E-state index is 0.339. The lowest BCUT2D eigenvalue weighted by Crippen LogP contribution is -2.46. The molecule has 0 radical (unpaired) electrons. The number of aromatic nitrogens is 1. The van der Waals surface area contributed by atoms with Crippen LogP contribution in [0.15, 0.2) is 36.5 Å². The molecule has 1 aliphatic rings. The Balaban J connectivity index is 1.71. The predicted molar refractivity (Wildman–Crippen MR) is 89.8 cm³/mol. The Bertz CT molecular complexity index is 875. The van der Waals surface area contributed by atoms with Crippen LogP contribution in [0, 0.1) is 11.3 Å². The molecule has 1 fully saturated rings. The number of anilines is 2. The normalized spacial score (nSPS) is 15.5. The van der Waals surface area contributed by atoms with Gasteiger partial charge in [-0.05, 0) is 30.3 Å². The number of benzene rings is 1. The molecule has 4 nitrogen and oxygen atoms in total. The van der Waals surface area contributed by atoms with Crippen LogP contribution in [-0.4, -0.2) is 31.2 Å². The van der Waals surface area contributed by atoms with Crippen molar-refractivity contribution in [3.63, 3.8) is 0 Å². The summed E-state index contributed by atoms with van der Waals surface area (Å²) in [4.78, 5) is 7.34. The Morgan fingerprint density at radius 1 is 0.857 bits per heavy atom. The highest BCUT2D eigenvalue weighted by Crippen LogP contribution is 2.35. The highest BCUT2D eigenvalue weighted by molar-refractivity contribution is 5.56. The van der Waals surface area contributed by atoms with Gasteiger partial charge < -0.3 is 9.80 Å². The highest BCUT2D eigenvalue weighted by atomic mass is 19.4. The van der Waals surface area contributed by atoms with E-state index in [1.54, 1.807) is 15.9 Å². The molecule has 0 atom stereocenters. The zero-order chi connectivity index (χ0) is 20.5. The molecule has 0 unspecified atom stereocenters. The van der Waals surface area contributed by atoms with Crippen molar-refractivity contribution < 1.29 is 26.3 Å². The average Bonchev–Trinajstić information content (AvgIpc) is 2.66. The topological polar surface area (TPSA) is 43.2 Å². The van der Waals surface area contributed by atoms with Crippen LogP contribution in [-0.2, 0) is 12.4 Å². The van der Waals surface area contributed by atoms with E-state index in [1.165, 1.54) is 12.1 Å². The van der Waals surface area contributed by atoms with Gasteiger partial charge >= 0.3 is 12.4 Å². The molecule has 2 heterocycles. The van der Waals surface area contributed by atoms with Gasteiger partial charge in [0.2, 0.25) is 0 Å². The second-order valence-electron chi connectivity index (χ2n) is 6.22. The summed E-state index contributed by atoms with van der Waals surface area (Å²) in [5, 5.41) is 8.87. The van der Waals surface area contributed by atoms with Crippen LogP contribution >= 0.6 is 0 Å². The Hall–Kier alpha value is -2.96. The summed E-state index contributed by atoms with van der Waals surface area (Å²) < 4.78 is 77.2. The Morgan fingerprint density at radius 3 is 2.00 bits per heavy atom. The van der Waals surface area contributed by atoms with Gasteiger partial charge in [-0.25, -0.2) is 4.98 Å². The zero-order valence-electron chi connectivity index (χ0n) is 14.3. The number of hydrogen-bond donors (Lipinski definition) is 0. The monoisotopic (exact) mass is 400 g/mol. The quantitative estimate of drug-likeness (QED) is 0.705. The first kappa shape index (κ1) is 19.8. The number of rotatable bonds is 2. The van der Waals surface area contributed by atoms with Gasteiger partial charge in [0, 0.05) is 38.1 Å². The maximum Gasteiger partial charge on any atom is 0.417 e. The largest absolute Gasteiger partial charge is 0.417 e. The van der Waals surface area contributed by atoms with Crippen molar-refractivity contribution in [2.45, 2.75) is 12.4 Å². The molecule has 1 aliphatic heterocycles. The number of halogens is 6. The van der Waals surface area contributed by atoms with E-state index >= 15 is 0 Å². The zero-order valence-corrected chi connectivity index (χ0v) is 14.3.